The number of H-pyrrole nitrogens is 1. The molecule has 0 saturated heterocycles. The van der Waals surface area contributed by atoms with Crippen molar-refractivity contribution in [3.05, 3.63) is 21.7 Å². The highest BCUT2D eigenvalue weighted by Gasteiger charge is 2.41. The van der Waals surface area contributed by atoms with E-state index in [2.05, 4.69) is 4.98 Å². The van der Waals surface area contributed by atoms with Gasteiger partial charge in [-0.25, -0.2) is 4.98 Å². The number of fused-ring (bicyclic) bond motifs is 5. The Morgan fingerprint density at radius 3 is 3.00 bits per heavy atom. The number of aromatic nitrogens is 2. The maximum absolute atomic E-state index is 12.6. The first kappa shape index (κ1) is 12.7. The average Bonchev–Trinajstić information content (AvgIpc) is 3.19. The zero-order chi connectivity index (χ0) is 14.0. The topological polar surface area (TPSA) is 45.8 Å². The van der Waals surface area contributed by atoms with E-state index in [1.165, 1.54) is 47.6 Å². The first-order valence-electron chi connectivity index (χ1n) is 7.98. The SMILES string of the molecule is O=c1[nH]c(C2CC3CCC2C3)nc2sc3c(c12)CCCS3. The Hall–Kier alpha value is -0.810. The number of thioether (sulfide) groups is 1. The Balaban J connectivity index is 1.65. The summed E-state index contributed by atoms with van der Waals surface area (Å²) in [4.78, 5) is 21.6. The molecule has 21 heavy (non-hydrogen) atoms. The first-order valence-corrected chi connectivity index (χ1v) is 9.78. The van der Waals surface area contributed by atoms with Gasteiger partial charge in [0.1, 0.15) is 10.7 Å². The van der Waals surface area contributed by atoms with Crippen LogP contribution in [0.4, 0.5) is 0 Å². The standard InChI is InChI=1S/C16H18N2OS2/c19-14-12-10-2-1-5-20-16(10)21-15(12)18-13(17-14)11-7-8-3-4-9(11)6-8/h8-9,11H,1-7H2,(H,17,18,19). The number of nitrogens with zero attached hydrogens (tertiary/aromatic N) is 1. The molecule has 0 radical (unpaired) electrons. The van der Waals surface area contributed by atoms with E-state index in [-0.39, 0.29) is 5.56 Å². The van der Waals surface area contributed by atoms with Crippen molar-refractivity contribution in [2.24, 2.45) is 11.8 Å². The Morgan fingerprint density at radius 2 is 2.19 bits per heavy atom. The van der Waals surface area contributed by atoms with Gasteiger partial charge in [-0.3, -0.25) is 4.79 Å². The molecule has 3 heterocycles. The van der Waals surface area contributed by atoms with Crippen LogP contribution in [0.5, 0.6) is 0 Å². The van der Waals surface area contributed by atoms with E-state index in [0.717, 1.165) is 34.3 Å². The molecule has 3 nitrogen and oxygen atoms in total. The van der Waals surface area contributed by atoms with Gasteiger partial charge in [0.15, 0.2) is 0 Å². The normalized spacial score (nSPS) is 31.0. The second-order valence-corrected chi connectivity index (χ2v) is 9.10. The van der Waals surface area contributed by atoms with Crippen LogP contribution in [-0.2, 0) is 6.42 Å². The summed E-state index contributed by atoms with van der Waals surface area (Å²) < 4.78 is 1.33. The molecule has 0 spiro atoms. The molecule has 3 atom stereocenters. The fourth-order valence-electron chi connectivity index (χ4n) is 4.57. The van der Waals surface area contributed by atoms with Crippen molar-refractivity contribution in [2.75, 3.05) is 5.75 Å². The monoisotopic (exact) mass is 318 g/mol. The molecule has 2 fully saturated rings. The van der Waals surface area contributed by atoms with Gasteiger partial charge in [0, 0.05) is 5.92 Å². The van der Waals surface area contributed by atoms with Gasteiger partial charge in [-0.05, 0) is 55.3 Å². The summed E-state index contributed by atoms with van der Waals surface area (Å²) in [7, 11) is 0. The predicted molar refractivity (Wildman–Crippen MR) is 87.5 cm³/mol. The number of hydrogen-bond acceptors (Lipinski definition) is 4. The van der Waals surface area contributed by atoms with Gasteiger partial charge < -0.3 is 4.98 Å². The maximum atomic E-state index is 12.6. The zero-order valence-corrected chi connectivity index (χ0v) is 13.5. The van der Waals surface area contributed by atoms with Crippen molar-refractivity contribution in [3.63, 3.8) is 0 Å². The predicted octanol–water partition coefficient (Wildman–Crippen LogP) is 3.93. The van der Waals surface area contributed by atoms with Crippen LogP contribution < -0.4 is 5.56 Å². The summed E-state index contributed by atoms with van der Waals surface area (Å²) in [5, 5.41) is 0.883. The lowest BCUT2D eigenvalue weighted by Gasteiger charge is -2.20. The van der Waals surface area contributed by atoms with Crippen LogP contribution in [0, 0.1) is 11.8 Å². The molecular weight excluding hydrogens is 300 g/mol. The van der Waals surface area contributed by atoms with Gasteiger partial charge in [0.05, 0.1) is 9.60 Å². The fourth-order valence-corrected chi connectivity index (χ4v) is 7.11. The van der Waals surface area contributed by atoms with Crippen LogP contribution in [0.1, 0.15) is 49.4 Å². The maximum Gasteiger partial charge on any atom is 0.259 e. The highest BCUT2D eigenvalue weighted by molar-refractivity contribution is 8.01. The van der Waals surface area contributed by atoms with Gasteiger partial charge in [-0.1, -0.05) is 6.42 Å². The van der Waals surface area contributed by atoms with Crippen LogP contribution >= 0.6 is 23.1 Å². The third-order valence-corrected chi connectivity index (χ3v) is 8.06. The van der Waals surface area contributed by atoms with Crippen molar-refractivity contribution in [3.8, 4) is 0 Å². The van der Waals surface area contributed by atoms with E-state index in [0.29, 0.717) is 5.92 Å². The van der Waals surface area contributed by atoms with Crippen molar-refractivity contribution in [1.29, 1.82) is 0 Å². The number of thiophene rings is 1. The van der Waals surface area contributed by atoms with Crippen LogP contribution in [0.2, 0.25) is 0 Å². The molecule has 2 aliphatic carbocycles. The minimum absolute atomic E-state index is 0.109. The van der Waals surface area contributed by atoms with E-state index in [1.807, 2.05) is 11.8 Å². The Labute approximate surface area is 131 Å². The first-order chi connectivity index (χ1) is 10.3. The van der Waals surface area contributed by atoms with Gasteiger partial charge in [0.2, 0.25) is 0 Å². The highest BCUT2D eigenvalue weighted by Crippen LogP contribution is 2.52. The lowest BCUT2D eigenvalue weighted by molar-refractivity contribution is 0.406. The largest absolute Gasteiger partial charge is 0.310 e. The summed E-state index contributed by atoms with van der Waals surface area (Å²) in [6.07, 6.45) is 7.52. The van der Waals surface area contributed by atoms with E-state index in [4.69, 9.17) is 4.98 Å². The molecular formula is C16H18N2OS2. The minimum atomic E-state index is 0.109. The van der Waals surface area contributed by atoms with Gasteiger partial charge in [-0.15, -0.1) is 23.1 Å². The molecule has 3 aliphatic rings. The average molecular weight is 318 g/mol. The molecule has 2 bridgehead atoms. The molecule has 5 heteroatoms. The minimum Gasteiger partial charge on any atom is -0.310 e. The molecule has 2 saturated carbocycles. The van der Waals surface area contributed by atoms with E-state index >= 15 is 0 Å². The second-order valence-electron chi connectivity index (χ2n) is 6.73. The Kier molecular flexibility index (Phi) is 2.78. The number of aromatic amines is 1. The molecule has 3 unspecified atom stereocenters. The van der Waals surface area contributed by atoms with Gasteiger partial charge >= 0.3 is 0 Å². The molecule has 1 N–H and O–H groups in total. The number of nitrogens with one attached hydrogen (secondary N) is 1. The van der Waals surface area contributed by atoms with Crippen LogP contribution in [0.3, 0.4) is 0 Å². The van der Waals surface area contributed by atoms with Crippen molar-refractivity contribution in [2.45, 2.75) is 48.7 Å². The molecule has 5 rings (SSSR count). The highest BCUT2D eigenvalue weighted by atomic mass is 32.2. The summed E-state index contributed by atoms with van der Waals surface area (Å²) in [5.41, 5.74) is 1.37. The zero-order valence-electron chi connectivity index (χ0n) is 11.9. The second kappa shape index (κ2) is 4.59. The lowest BCUT2D eigenvalue weighted by atomic mass is 9.88. The molecule has 2 aromatic rings. The van der Waals surface area contributed by atoms with E-state index in [1.54, 1.807) is 11.3 Å². The third-order valence-electron chi connectivity index (χ3n) is 5.54. The Bertz CT molecular complexity index is 778. The van der Waals surface area contributed by atoms with Crippen molar-refractivity contribution >= 4 is 33.3 Å². The van der Waals surface area contributed by atoms with Gasteiger partial charge in [0.25, 0.3) is 5.56 Å². The number of aryl methyl sites for hydroxylation is 1. The molecule has 110 valence electrons. The lowest BCUT2D eigenvalue weighted by Crippen LogP contribution is -2.18. The van der Waals surface area contributed by atoms with E-state index < -0.39 is 0 Å². The molecule has 1 aliphatic heterocycles. The fraction of sp³-hybridized carbons (Fsp3) is 0.625. The summed E-state index contributed by atoms with van der Waals surface area (Å²) in [5.74, 6) is 4.31. The number of rotatable bonds is 1. The van der Waals surface area contributed by atoms with Crippen molar-refractivity contribution in [1.82, 2.24) is 9.97 Å². The summed E-state index contributed by atoms with van der Waals surface area (Å²) >= 11 is 3.64. The molecule has 0 amide bonds. The summed E-state index contributed by atoms with van der Waals surface area (Å²) in [6, 6.07) is 0. The van der Waals surface area contributed by atoms with Crippen LogP contribution in [0.25, 0.3) is 10.2 Å². The van der Waals surface area contributed by atoms with Crippen LogP contribution in [-0.4, -0.2) is 15.7 Å². The third kappa shape index (κ3) is 1.86. The molecule has 2 aromatic heterocycles. The quantitative estimate of drug-likeness (QED) is 0.866. The van der Waals surface area contributed by atoms with Gasteiger partial charge in [-0.2, -0.15) is 0 Å². The Morgan fingerprint density at radius 1 is 1.24 bits per heavy atom. The van der Waals surface area contributed by atoms with Crippen LogP contribution in [0.15, 0.2) is 9.00 Å². The number of hydrogen-bond donors (Lipinski definition) is 1. The molecule has 0 aromatic carbocycles. The van der Waals surface area contributed by atoms with Crippen molar-refractivity contribution < 1.29 is 0 Å². The van der Waals surface area contributed by atoms with E-state index in [9.17, 15) is 4.79 Å². The smallest absolute Gasteiger partial charge is 0.259 e. The summed E-state index contributed by atoms with van der Waals surface area (Å²) in [6.45, 7) is 0.